The Labute approximate surface area is 90.2 Å². The van der Waals surface area contributed by atoms with Gasteiger partial charge in [0.25, 0.3) is 0 Å². The molecule has 2 heterocycles. The van der Waals surface area contributed by atoms with Crippen LogP contribution in [-0.2, 0) is 0 Å². The Morgan fingerprint density at radius 3 is 3.07 bits per heavy atom. The predicted molar refractivity (Wildman–Crippen MR) is 57.3 cm³/mol. The van der Waals surface area contributed by atoms with Gasteiger partial charge in [-0.15, -0.1) is 10.2 Å². The van der Waals surface area contributed by atoms with Crippen LogP contribution >= 0.6 is 11.3 Å². The van der Waals surface area contributed by atoms with Crippen molar-refractivity contribution in [1.82, 2.24) is 15.2 Å². The summed E-state index contributed by atoms with van der Waals surface area (Å²) in [6.45, 7) is 2.74. The number of rotatable bonds is 3. The normalized spacial score (nSPS) is 10.3. The summed E-state index contributed by atoms with van der Waals surface area (Å²) < 4.78 is 13.3. The summed E-state index contributed by atoms with van der Waals surface area (Å²) in [4.78, 5) is 3.68. The maximum Gasteiger partial charge on any atom is 0.205 e. The number of aromatic nitrogens is 3. The number of anilines is 1. The maximum absolute atomic E-state index is 13.3. The molecule has 0 spiro atoms. The van der Waals surface area contributed by atoms with Crippen molar-refractivity contribution in [3.63, 3.8) is 0 Å². The molecule has 0 saturated carbocycles. The van der Waals surface area contributed by atoms with Crippen molar-refractivity contribution in [2.75, 3.05) is 11.9 Å². The van der Waals surface area contributed by atoms with Gasteiger partial charge >= 0.3 is 0 Å². The molecular formula is C9H9FN4S. The van der Waals surface area contributed by atoms with Crippen molar-refractivity contribution in [3.05, 3.63) is 24.3 Å². The van der Waals surface area contributed by atoms with Crippen LogP contribution in [0.1, 0.15) is 6.92 Å². The number of nitrogens with one attached hydrogen (secondary N) is 1. The molecule has 2 aromatic rings. The van der Waals surface area contributed by atoms with Gasteiger partial charge in [-0.25, -0.2) is 4.39 Å². The summed E-state index contributed by atoms with van der Waals surface area (Å²) in [5.41, 5.74) is 0.437. The lowest BCUT2D eigenvalue weighted by molar-refractivity contribution is 0.624. The first-order valence-corrected chi connectivity index (χ1v) is 5.30. The number of hydrogen-bond acceptors (Lipinski definition) is 5. The standard InChI is InChI=1S/C9H9FN4S/c1-2-12-9-14-13-8(15-9)6-3-4-11-5-7(6)10/h3-5H,2H2,1H3,(H,12,14). The van der Waals surface area contributed by atoms with Crippen molar-refractivity contribution in [2.24, 2.45) is 0 Å². The van der Waals surface area contributed by atoms with E-state index in [1.165, 1.54) is 23.7 Å². The fourth-order valence-electron chi connectivity index (χ4n) is 1.10. The zero-order chi connectivity index (χ0) is 10.7. The van der Waals surface area contributed by atoms with E-state index in [9.17, 15) is 4.39 Å². The topological polar surface area (TPSA) is 50.7 Å². The lowest BCUT2D eigenvalue weighted by Crippen LogP contribution is -1.94. The third-order valence-electron chi connectivity index (χ3n) is 1.76. The third-order valence-corrected chi connectivity index (χ3v) is 2.67. The number of pyridine rings is 1. The molecule has 0 radical (unpaired) electrons. The molecule has 0 atom stereocenters. The highest BCUT2D eigenvalue weighted by atomic mass is 32.1. The molecule has 0 aliphatic carbocycles. The summed E-state index contributed by atoms with van der Waals surface area (Å²) in [6, 6.07) is 1.59. The van der Waals surface area contributed by atoms with E-state index in [-0.39, 0.29) is 5.82 Å². The second-order valence-electron chi connectivity index (χ2n) is 2.80. The first kappa shape index (κ1) is 9.97. The van der Waals surface area contributed by atoms with E-state index in [4.69, 9.17) is 0 Å². The molecule has 2 rings (SSSR count). The molecular weight excluding hydrogens is 215 g/mol. The van der Waals surface area contributed by atoms with Crippen molar-refractivity contribution >= 4 is 16.5 Å². The molecule has 1 N–H and O–H groups in total. The fourth-order valence-corrected chi connectivity index (χ4v) is 1.94. The maximum atomic E-state index is 13.3. The summed E-state index contributed by atoms with van der Waals surface area (Å²) in [7, 11) is 0. The van der Waals surface area contributed by atoms with Crippen LogP contribution in [0.3, 0.4) is 0 Å². The van der Waals surface area contributed by atoms with Crippen LogP contribution < -0.4 is 5.32 Å². The molecule has 15 heavy (non-hydrogen) atoms. The zero-order valence-electron chi connectivity index (χ0n) is 8.07. The Morgan fingerprint density at radius 1 is 1.47 bits per heavy atom. The second kappa shape index (κ2) is 4.31. The lowest BCUT2D eigenvalue weighted by atomic mass is 10.3. The Kier molecular flexibility index (Phi) is 2.86. The molecule has 4 nitrogen and oxygen atoms in total. The minimum Gasteiger partial charge on any atom is -0.360 e. The smallest absolute Gasteiger partial charge is 0.205 e. The summed E-state index contributed by atoms with van der Waals surface area (Å²) in [5, 5.41) is 12.1. The monoisotopic (exact) mass is 224 g/mol. The van der Waals surface area contributed by atoms with Gasteiger partial charge in [0.05, 0.1) is 11.8 Å². The number of nitrogens with zero attached hydrogens (tertiary/aromatic N) is 3. The van der Waals surface area contributed by atoms with Gasteiger partial charge in [-0.3, -0.25) is 4.98 Å². The molecule has 78 valence electrons. The van der Waals surface area contributed by atoms with Gasteiger partial charge in [0.15, 0.2) is 10.8 Å². The quantitative estimate of drug-likeness (QED) is 0.868. The highest BCUT2D eigenvalue weighted by molar-refractivity contribution is 7.18. The molecule has 0 aromatic carbocycles. The zero-order valence-corrected chi connectivity index (χ0v) is 8.88. The van der Waals surface area contributed by atoms with E-state index >= 15 is 0 Å². The summed E-state index contributed by atoms with van der Waals surface area (Å²) in [5.74, 6) is -0.378. The molecule has 0 fully saturated rings. The van der Waals surface area contributed by atoms with E-state index in [0.29, 0.717) is 15.7 Å². The minimum atomic E-state index is -0.378. The molecule has 0 aliphatic rings. The Hall–Kier alpha value is -1.56. The molecule has 2 aromatic heterocycles. The minimum absolute atomic E-state index is 0.378. The van der Waals surface area contributed by atoms with Gasteiger partial charge in [-0.2, -0.15) is 0 Å². The van der Waals surface area contributed by atoms with Crippen LogP contribution in [0.5, 0.6) is 0 Å². The van der Waals surface area contributed by atoms with Crippen LogP contribution in [-0.4, -0.2) is 21.7 Å². The average molecular weight is 224 g/mol. The van der Waals surface area contributed by atoms with E-state index in [1.54, 1.807) is 6.07 Å². The summed E-state index contributed by atoms with van der Waals surface area (Å²) >= 11 is 1.32. The van der Waals surface area contributed by atoms with E-state index < -0.39 is 0 Å². The number of halogens is 1. The molecule has 0 bridgehead atoms. The van der Waals surface area contributed by atoms with Crippen LogP contribution in [0.25, 0.3) is 10.6 Å². The SMILES string of the molecule is CCNc1nnc(-c2ccncc2F)s1. The molecule has 0 unspecified atom stereocenters. The van der Waals surface area contributed by atoms with Crippen LogP contribution in [0, 0.1) is 5.82 Å². The summed E-state index contributed by atoms with van der Waals surface area (Å²) in [6.07, 6.45) is 2.70. The largest absolute Gasteiger partial charge is 0.360 e. The van der Waals surface area contributed by atoms with Crippen LogP contribution in [0.2, 0.25) is 0 Å². The van der Waals surface area contributed by atoms with Crippen molar-refractivity contribution in [1.29, 1.82) is 0 Å². The highest BCUT2D eigenvalue weighted by Crippen LogP contribution is 2.27. The predicted octanol–water partition coefficient (Wildman–Crippen LogP) is 2.17. The van der Waals surface area contributed by atoms with Crippen LogP contribution in [0.15, 0.2) is 18.5 Å². The Morgan fingerprint density at radius 2 is 2.33 bits per heavy atom. The van der Waals surface area contributed by atoms with Gasteiger partial charge in [-0.05, 0) is 13.0 Å². The van der Waals surface area contributed by atoms with Gasteiger partial charge in [0.2, 0.25) is 5.13 Å². The van der Waals surface area contributed by atoms with Crippen molar-refractivity contribution in [3.8, 4) is 10.6 Å². The van der Waals surface area contributed by atoms with E-state index in [0.717, 1.165) is 6.54 Å². The van der Waals surface area contributed by atoms with E-state index in [2.05, 4.69) is 20.5 Å². The van der Waals surface area contributed by atoms with Gasteiger partial charge in [0.1, 0.15) is 0 Å². The van der Waals surface area contributed by atoms with Crippen molar-refractivity contribution < 1.29 is 4.39 Å². The van der Waals surface area contributed by atoms with Gasteiger partial charge in [0, 0.05) is 12.7 Å². The highest BCUT2D eigenvalue weighted by Gasteiger charge is 2.10. The fraction of sp³-hybridized carbons (Fsp3) is 0.222. The lowest BCUT2D eigenvalue weighted by Gasteiger charge is -1.95. The van der Waals surface area contributed by atoms with Gasteiger partial charge in [-0.1, -0.05) is 11.3 Å². The third kappa shape index (κ3) is 2.10. The Balaban J connectivity index is 2.33. The average Bonchev–Trinajstić information content (AvgIpc) is 2.68. The first-order valence-electron chi connectivity index (χ1n) is 4.48. The number of hydrogen-bond donors (Lipinski definition) is 1. The van der Waals surface area contributed by atoms with Crippen LogP contribution in [0.4, 0.5) is 9.52 Å². The second-order valence-corrected chi connectivity index (χ2v) is 3.78. The van der Waals surface area contributed by atoms with Crippen molar-refractivity contribution in [2.45, 2.75) is 6.92 Å². The first-order chi connectivity index (χ1) is 7.31. The Bertz CT molecular complexity index is 457. The van der Waals surface area contributed by atoms with E-state index in [1.807, 2.05) is 6.92 Å². The molecule has 0 aliphatic heterocycles. The molecule has 0 saturated heterocycles. The van der Waals surface area contributed by atoms with Gasteiger partial charge < -0.3 is 5.32 Å². The molecule has 6 heteroatoms. The molecule has 0 amide bonds.